The van der Waals surface area contributed by atoms with Crippen molar-refractivity contribution in [1.82, 2.24) is 4.40 Å². The predicted octanol–water partition coefficient (Wildman–Crippen LogP) is 7.71. The van der Waals surface area contributed by atoms with E-state index in [-0.39, 0.29) is 0 Å². The number of benzene rings is 3. The Morgan fingerprint density at radius 1 is 0.788 bits per heavy atom. The lowest BCUT2D eigenvalue weighted by molar-refractivity contribution is -0.643. The van der Waals surface area contributed by atoms with E-state index in [0.29, 0.717) is 5.92 Å². The third-order valence-corrected chi connectivity index (χ3v) is 8.66. The molecule has 1 saturated carbocycles. The van der Waals surface area contributed by atoms with Crippen LogP contribution in [-0.2, 0) is 7.05 Å². The largest absolute Gasteiger partial charge is 0.307 e. The second-order valence-corrected chi connectivity index (χ2v) is 10.6. The average Bonchev–Trinajstić information content (AvgIpc) is 3.45. The third-order valence-electron chi connectivity index (χ3n) is 8.66. The van der Waals surface area contributed by atoms with Crippen LogP contribution >= 0.6 is 0 Å². The molecule has 0 unspecified atom stereocenters. The van der Waals surface area contributed by atoms with E-state index in [1.807, 2.05) is 0 Å². The molecule has 0 N–H and O–H groups in total. The highest BCUT2D eigenvalue weighted by molar-refractivity contribution is 6.29. The van der Waals surface area contributed by atoms with Gasteiger partial charge in [0, 0.05) is 16.8 Å². The van der Waals surface area contributed by atoms with Crippen LogP contribution in [0.3, 0.4) is 0 Å². The van der Waals surface area contributed by atoms with E-state index < -0.39 is 0 Å². The lowest BCUT2D eigenvalue weighted by atomic mass is 9.88. The topological polar surface area (TPSA) is 8.29 Å². The summed E-state index contributed by atoms with van der Waals surface area (Å²) in [4.78, 5) is 0. The smallest absolute Gasteiger partial charge is 0.224 e. The van der Waals surface area contributed by atoms with Crippen LogP contribution in [0.1, 0.15) is 59.4 Å². The molecular weight excluding hydrogens is 400 g/mol. The maximum Gasteiger partial charge on any atom is 0.224 e. The second kappa shape index (κ2) is 6.47. The minimum absolute atomic E-state index is 0.674. The molecule has 164 valence electrons. The lowest BCUT2D eigenvalue weighted by Crippen LogP contribution is -2.29. The van der Waals surface area contributed by atoms with E-state index in [0.717, 1.165) is 0 Å². The van der Waals surface area contributed by atoms with Crippen molar-refractivity contribution >= 4 is 49.0 Å². The first-order valence-corrected chi connectivity index (χ1v) is 12.5. The summed E-state index contributed by atoms with van der Waals surface area (Å²) in [5.74, 6) is 0.674. The maximum absolute atomic E-state index is 2.63. The van der Waals surface area contributed by atoms with Gasteiger partial charge in [0.1, 0.15) is 7.05 Å². The van der Waals surface area contributed by atoms with Gasteiger partial charge >= 0.3 is 0 Å². The second-order valence-electron chi connectivity index (χ2n) is 10.6. The van der Waals surface area contributed by atoms with E-state index in [1.54, 1.807) is 5.56 Å². The van der Waals surface area contributed by atoms with Crippen molar-refractivity contribution in [2.75, 3.05) is 0 Å². The van der Waals surface area contributed by atoms with Gasteiger partial charge in [0.25, 0.3) is 0 Å². The van der Waals surface area contributed by atoms with E-state index in [9.17, 15) is 0 Å². The first-order chi connectivity index (χ1) is 16.0. The molecule has 0 radical (unpaired) electrons. The first-order valence-electron chi connectivity index (χ1n) is 12.5. The summed E-state index contributed by atoms with van der Waals surface area (Å²) in [6, 6.07) is 14.2. The van der Waals surface area contributed by atoms with Crippen molar-refractivity contribution in [3.8, 4) is 0 Å². The van der Waals surface area contributed by atoms with Crippen LogP contribution < -0.4 is 4.57 Å². The van der Waals surface area contributed by atoms with Crippen molar-refractivity contribution < 1.29 is 4.57 Å². The fourth-order valence-corrected chi connectivity index (χ4v) is 7.05. The standard InChI is InChI=1S/C31H31N2/c1-17-9-8-12-24-25(17)28-23(21-10-6-7-11-21)16-22-13-14-32(5)30-26-20(4)18(2)15-19(3)29(26)33(24)31(28)27(22)30/h8-9,12-16,21H,6-7,10-11H2,1-5H3/q+1. The quantitative estimate of drug-likeness (QED) is 0.143. The Balaban J connectivity index is 1.92. The van der Waals surface area contributed by atoms with Crippen molar-refractivity contribution in [2.24, 2.45) is 7.05 Å². The molecule has 2 nitrogen and oxygen atoms in total. The Morgan fingerprint density at radius 2 is 1.58 bits per heavy atom. The number of hydrogen-bond donors (Lipinski definition) is 0. The fraction of sp³-hybridized carbons (Fsp3) is 0.323. The summed E-state index contributed by atoms with van der Waals surface area (Å²) < 4.78 is 4.98. The zero-order chi connectivity index (χ0) is 22.6. The number of aromatic nitrogens is 2. The minimum atomic E-state index is 0.674. The molecule has 33 heavy (non-hydrogen) atoms. The van der Waals surface area contributed by atoms with Crippen molar-refractivity contribution in [1.29, 1.82) is 0 Å². The number of hydrogen-bond acceptors (Lipinski definition) is 0. The van der Waals surface area contributed by atoms with Gasteiger partial charge in [0.05, 0.1) is 27.3 Å². The van der Waals surface area contributed by atoms with E-state index in [4.69, 9.17) is 0 Å². The zero-order valence-corrected chi connectivity index (χ0v) is 20.3. The Morgan fingerprint density at radius 3 is 2.36 bits per heavy atom. The van der Waals surface area contributed by atoms with Gasteiger partial charge in [-0.2, -0.15) is 0 Å². The molecule has 0 atom stereocenters. The first kappa shape index (κ1) is 19.3. The van der Waals surface area contributed by atoms with Gasteiger partial charge < -0.3 is 4.40 Å². The van der Waals surface area contributed by atoms with Crippen LogP contribution in [0.2, 0.25) is 0 Å². The van der Waals surface area contributed by atoms with Gasteiger partial charge in [-0.25, -0.2) is 4.57 Å². The molecular formula is C31H31N2+. The van der Waals surface area contributed by atoms with Crippen LogP contribution in [0.15, 0.2) is 42.6 Å². The van der Waals surface area contributed by atoms with Gasteiger partial charge in [-0.3, -0.25) is 0 Å². The Bertz CT molecular complexity index is 1760. The molecule has 0 aliphatic heterocycles. The highest BCUT2D eigenvalue weighted by atomic mass is 15.0. The lowest BCUT2D eigenvalue weighted by Gasteiger charge is -2.18. The zero-order valence-electron chi connectivity index (χ0n) is 20.3. The number of aryl methyl sites for hydroxylation is 5. The highest BCUT2D eigenvalue weighted by Gasteiger charge is 2.30. The molecule has 0 amide bonds. The molecule has 0 bridgehead atoms. The maximum atomic E-state index is 2.63. The van der Waals surface area contributed by atoms with Gasteiger partial charge in [-0.05, 0) is 91.8 Å². The molecule has 3 aromatic heterocycles. The van der Waals surface area contributed by atoms with Crippen LogP contribution in [-0.4, -0.2) is 4.40 Å². The third kappa shape index (κ3) is 2.32. The number of rotatable bonds is 1. The van der Waals surface area contributed by atoms with Gasteiger partial charge in [-0.15, -0.1) is 0 Å². The molecule has 2 heteroatoms. The summed E-state index contributed by atoms with van der Waals surface area (Å²) in [5.41, 5.74) is 12.7. The molecule has 0 saturated heterocycles. The number of fused-ring (bicyclic) bond motifs is 6. The van der Waals surface area contributed by atoms with Crippen molar-refractivity contribution in [2.45, 2.75) is 59.3 Å². The van der Waals surface area contributed by atoms with Gasteiger partial charge in [-0.1, -0.05) is 31.0 Å². The molecule has 1 fully saturated rings. The van der Waals surface area contributed by atoms with Crippen LogP contribution in [0.4, 0.5) is 0 Å². The molecule has 3 aromatic carbocycles. The van der Waals surface area contributed by atoms with E-state index in [2.05, 4.69) is 86.3 Å². The SMILES string of the molecule is Cc1cc(C)c2c(c1C)c1c3c(cc[n+]1C)cc(C1CCCC1)c1c4c(C)cccc4n2c13. The fourth-order valence-electron chi connectivity index (χ4n) is 7.05. The summed E-state index contributed by atoms with van der Waals surface area (Å²) in [5, 5.41) is 7.19. The molecule has 7 rings (SSSR count). The summed E-state index contributed by atoms with van der Waals surface area (Å²) in [7, 11) is 2.22. The highest BCUT2D eigenvalue weighted by Crippen LogP contribution is 2.48. The predicted molar refractivity (Wildman–Crippen MR) is 140 cm³/mol. The Hall–Kier alpha value is -3.13. The van der Waals surface area contributed by atoms with Crippen LogP contribution in [0.5, 0.6) is 0 Å². The molecule has 6 aromatic rings. The average molecular weight is 432 g/mol. The number of pyridine rings is 2. The number of nitrogens with zero attached hydrogens (tertiary/aromatic N) is 2. The van der Waals surface area contributed by atoms with Crippen molar-refractivity contribution in [3.05, 3.63) is 70.4 Å². The Kier molecular flexibility index (Phi) is 3.79. The van der Waals surface area contributed by atoms with Gasteiger partial charge in [0.15, 0.2) is 6.20 Å². The molecule has 1 aliphatic carbocycles. The monoisotopic (exact) mass is 431 g/mol. The summed E-state index contributed by atoms with van der Waals surface area (Å²) in [6.45, 7) is 9.16. The van der Waals surface area contributed by atoms with Gasteiger partial charge in [0.2, 0.25) is 5.52 Å². The normalized spacial score (nSPS) is 15.4. The van der Waals surface area contributed by atoms with E-state index >= 15 is 0 Å². The molecule has 3 heterocycles. The minimum Gasteiger partial charge on any atom is -0.307 e. The molecule has 1 aliphatic rings. The Labute approximate surface area is 194 Å². The van der Waals surface area contributed by atoms with E-state index in [1.165, 1.54) is 96.9 Å². The molecule has 0 spiro atoms. The van der Waals surface area contributed by atoms with Crippen LogP contribution in [0.25, 0.3) is 49.0 Å². The summed E-state index contributed by atoms with van der Waals surface area (Å²) in [6.07, 6.45) is 7.63. The van der Waals surface area contributed by atoms with Crippen molar-refractivity contribution in [3.63, 3.8) is 0 Å². The summed E-state index contributed by atoms with van der Waals surface area (Å²) >= 11 is 0. The van der Waals surface area contributed by atoms with Crippen LogP contribution in [0, 0.1) is 27.7 Å².